The van der Waals surface area contributed by atoms with Gasteiger partial charge in [-0.2, -0.15) is 0 Å². The third-order valence-corrected chi connectivity index (χ3v) is 5.98. The lowest BCUT2D eigenvalue weighted by Gasteiger charge is -2.44. The summed E-state index contributed by atoms with van der Waals surface area (Å²) in [6.07, 6.45) is 3.92. The van der Waals surface area contributed by atoms with Gasteiger partial charge >= 0.3 is 0 Å². The second-order valence-corrected chi connectivity index (χ2v) is 7.69. The van der Waals surface area contributed by atoms with Crippen molar-refractivity contribution in [1.29, 1.82) is 0 Å². The van der Waals surface area contributed by atoms with Crippen LogP contribution in [0, 0.1) is 6.92 Å². The van der Waals surface area contributed by atoms with Crippen molar-refractivity contribution in [2.45, 2.75) is 56.8 Å². The molecule has 132 valence electrons. The smallest absolute Gasteiger partial charge is 0.124 e. The second kappa shape index (κ2) is 6.47. The van der Waals surface area contributed by atoms with Crippen LogP contribution in [0.25, 0.3) is 0 Å². The number of benzene rings is 2. The van der Waals surface area contributed by atoms with Crippen LogP contribution in [0.1, 0.15) is 42.4 Å². The van der Waals surface area contributed by atoms with Crippen molar-refractivity contribution in [2.24, 2.45) is 0 Å². The molecule has 0 aromatic heterocycles. The molecule has 0 radical (unpaired) electrons. The second-order valence-electron chi connectivity index (χ2n) is 7.69. The lowest BCUT2D eigenvalue weighted by atomic mass is 9.79. The molecule has 2 atom stereocenters. The van der Waals surface area contributed by atoms with E-state index in [1.54, 1.807) is 7.11 Å². The molecule has 2 aliphatic heterocycles. The molecule has 0 saturated carbocycles. The molecule has 25 heavy (non-hydrogen) atoms. The van der Waals surface area contributed by atoms with Crippen LogP contribution in [-0.4, -0.2) is 29.2 Å². The van der Waals surface area contributed by atoms with E-state index in [-0.39, 0.29) is 0 Å². The molecule has 2 saturated heterocycles. The first-order valence-electron chi connectivity index (χ1n) is 9.26. The number of hydrogen-bond acceptors (Lipinski definition) is 3. The molecule has 2 aromatic rings. The van der Waals surface area contributed by atoms with E-state index in [1.165, 1.54) is 24.0 Å². The third kappa shape index (κ3) is 3.07. The molecule has 2 heterocycles. The molecule has 3 heteroatoms. The average molecular weight is 337 g/mol. The molecular formula is C22H27NO2. The highest BCUT2D eigenvalue weighted by Crippen LogP contribution is 2.48. The van der Waals surface area contributed by atoms with Crippen molar-refractivity contribution in [3.05, 3.63) is 65.2 Å². The summed E-state index contributed by atoms with van der Waals surface area (Å²) >= 11 is 0. The van der Waals surface area contributed by atoms with Crippen LogP contribution in [0.4, 0.5) is 0 Å². The van der Waals surface area contributed by atoms with E-state index < -0.39 is 5.60 Å². The highest BCUT2D eigenvalue weighted by Gasteiger charge is 2.49. The third-order valence-electron chi connectivity index (χ3n) is 5.98. The number of piperidine rings is 1. The predicted molar refractivity (Wildman–Crippen MR) is 99.7 cm³/mol. The number of ether oxygens (including phenoxy) is 1. The summed E-state index contributed by atoms with van der Waals surface area (Å²) in [4.78, 5) is 2.60. The van der Waals surface area contributed by atoms with Gasteiger partial charge in [0.1, 0.15) is 5.75 Å². The van der Waals surface area contributed by atoms with Crippen LogP contribution in [0.15, 0.2) is 48.5 Å². The minimum Gasteiger partial charge on any atom is -0.496 e. The largest absolute Gasteiger partial charge is 0.496 e. The van der Waals surface area contributed by atoms with Gasteiger partial charge < -0.3 is 9.84 Å². The van der Waals surface area contributed by atoms with Gasteiger partial charge in [-0.25, -0.2) is 0 Å². The standard InChI is InChI=1S/C22H27NO2/c1-16-8-11-21(25-2)20(12-16)22(24)13-18-9-10-19(14-22)23(18)15-17-6-4-3-5-7-17/h3-8,11-12,18-19,24H,9-10,13-15H2,1-2H3. The molecule has 2 bridgehead atoms. The topological polar surface area (TPSA) is 32.7 Å². The van der Waals surface area contributed by atoms with Crippen molar-refractivity contribution >= 4 is 0 Å². The van der Waals surface area contributed by atoms with Crippen molar-refractivity contribution < 1.29 is 9.84 Å². The Labute approximate surface area is 150 Å². The fourth-order valence-corrected chi connectivity index (χ4v) is 4.77. The Kier molecular flexibility index (Phi) is 4.30. The normalized spacial score (nSPS) is 28.9. The zero-order valence-corrected chi connectivity index (χ0v) is 15.1. The van der Waals surface area contributed by atoms with Gasteiger partial charge in [0.05, 0.1) is 12.7 Å². The van der Waals surface area contributed by atoms with E-state index in [1.807, 2.05) is 12.1 Å². The van der Waals surface area contributed by atoms with Crippen molar-refractivity contribution in [3.8, 4) is 5.75 Å². The Bertz CT molecular complexity index is 729. The van der Waals surface area contributed by atoms with E-state index in [0.717, 1.165) is 30.7 Å². The molecular weight excluding hydrogens is 310 g/mol. The number of hydrogen-bond donors (Lipinski definition) is 1. The summed E-state index contributed by atoms with van der Waals surface area (Å²) in [5.74, 6) is 0.809. The molecule has 2 fully saturated rings. The molecule has 1 N–H and O–H groups in total. The van der Waals surface area contributed by atoms with E-state index in [0.29, 0.717) is 12.1 Å². The number of fused-ring (bicyclic) bond motifs is 2. The number of rotatable bonds is 4. The lowest BCUT2D eigenvalue weighted by Crippen LogP contribution is -2.49. The zero-order valence-electron chi connectivity index (χ0n) is 15.1. The minimum atomic E-state index is -0.781. The summed E-state index contributed by atoms with van der Waals surface area (Å²) in [5.41, 5.74) is 2.71. The van der Waals surface area contributed by atoms with Gasteiger partial charge in [-0.1, -0.05) is 42.0 Å². The number of nitrogens with zero attached hydrogens (tertiary/aromatic N) is 1. The van der Waals surface area contributed by atoms with Crippen LogP contribution in [0.5, 0.6) is 5.75 Å². The monoisotopic (exact) mass is 337 g/mol. The first-order chi connectivity index (χ1) is 12.1. The fraction of sp³-hybridized carbons (Fsp3) is 0.455. The molecule has 0 aliphatic carbocycles. The van der Waals surface area contributed by atoms with Crippen LogP contribution >= 0.6 is 0 Å². The van der Waals surface area contributed by atoms with Gasteiger partial charge in [0, 0.05) is 24.2 Å². The maximum Gasteiger partial charge on any atom is 0.124 e. The van der Waals surface area contributed by atoms with Crippen molar-refractivity contribution in [3.63, 3.8) is 0 Å². The summed E-state index contributed by atoms with van der Waals surface area (Å²) in [6.45, 7) is 3.06. The molecule has 2 aliphatic rings. The van der Waals surface area contributed by atoms with Gasteiger partial charge in [0.2, 0.25) is 0 Å². The summed E-state index contributed by atoms with van der Waals surface area (Å²) in [6, 6.07) is 17.7. The van der Waals surface area contributed by atoms with Crippen LogP contribution in [-0.2, 0) is 12.1 Å². The Hall–Kier alpha value is -1.84. The van der Waals surface area contributed by atoms with Crippen molar-refractivity contribution in [2.75, 3.05) is 7.11 Å². The summed E-state index contributed by atoms with van der Waals surface area (Å²) < 4.78 is 5.56. The minimum absolute atomic E-state index is 0.439. The zero-order chi connectivity index (χ0) is 17.4. The van der Waals surface area contributed by atoms with Gasteiger partial charge in [0.25, 0.3) is 0 Å². The van der Waals surface area contributed by atoms with Gasteiger partial charge in [0.15, 0.2) is 0 Å². The molecule has 4 rings (SSSR count). The van der Waals surface area contributed by atoms with E-state index in [9.17, 15) is 5.11 Å². The van der Waals surface area contributed by atoms with Gasteiger partial charge in [-0.15, -0.1) is 0 Å². The molecule has 0 amide bonds. The average Bonchev–Trinajstić information content (AvgIpc) is 2.86. The molecule has 2 unspecified atom stereocenters. The molecule has 0 spiro atoms. The number of methoxy groups -OCH3 is 1. The van der Waals surface area contributed by atoms with Gasteiger partial charge in [-0.3, -0.25) is 4.90 Å². The Balaban J connectivity index is 1.59. The maximum atomic E-state index is 11.5. The Morgan fingerprint density at radius 3 is 2.40 bits per heavy atom. The van der Waals surface area contributed by atoms with Crippen LogP contribution in [0.3, 0.4) is 0 Å². The van der Waals surface area contributed by atoms with Crippen LogP contribution in [0.2, 0.25) is 0 Å². The molecule has 3 nitrogen and oxygen atoms in total. The Morgan fingerprint density at radius 1 is 1.08 bits per heavy atom. The van der Waals surface area contributed by atoms with Crippen molar-refractivity contribution in [1.82, 2.24) is 4.90 Å². The quantitative estimate of drug-likeness (QED) is 0.915. The van der Waals surface area contributed by atoms with E-state index in [2.05, 4.69) is 48.2 Å². The summed E-state index contributed by atoms with van der Waals surface area (Å²) in [5, 5.41) is 11.5. The Morgan fingerprint density at radius 2 is 1.76 bits per heavy atom. The number of aryl methyl sites for hydroxylation is 1. The predicted octanol–water partition coefficient (Wildman–Crippen LogP) is 4.02. The maximum absolute atomic E-state index is 11.5. The SMILES string of the molecule is COc1ccc(C)cc1C1(O)CC2CCC(C1)N2Cc1ccccc1. The van der Waals surface area contributed by atoms with Crippen LogP contribution < -0.4 is 4.74 Å². The first-order valence-corrected chi connectivity index (χ1v) is 9.26. The summed E-state index contributed by atoms with van der Waals surface area (Å²) in [7, 11) is 1.69. The fourth-order valence-electron chi connectivity index (χ4n) is 4.77. The lowest BCUT2D eigenvalue weighted by molar-refractivity contribution is -0.0607. The van der Waals surface area contributed by atoms with E-state index >= 15 is 0 Å². The molecule has 2 aromatic carbocycles. The number of aliphatic hydroxyl groups is 1. The highest BCUT2D eigenvalue weighted by molar-refractivity contribution is 5.42. The highest BCUT2D eigenvalue weighted by atomic mass is 16.5. The van der Waals surface area contributed by atoms with E-state index in [4.69, 9.17) is 4.74 Å². The van der Waals surface area contributed by atoms with Gasteiger partial charge in [-0.05, 0) is 50.3 Å². The first kappa shape index (κ1) is 16.6.